The van der Waals surface area contributed by atoms with Crippen molar-refractivity contribution in [3.63, 3.8) is 0 Å². The molecule has 0 bridgehead atoms. The summed E-state index contributed by atoms with van der Waals surface area (Å²) in [5.41, 5.74) is 2.05. The van der Waals surface area contributed by atoms with Crippen LogP contribution in [0, 0.1) is 5.82 Å². The molecule has 2 N–H and O–H groups in total. The normalized spacial score (nSPS) is 10.8. The van der Waals surface area contributed by atoms with Crippen LogP contribution in [0.1, 0.15) is 18.1 Å². The zero-order valence-electron chi connectivity index (χ0n) is 14.5. The molecule has 0 aliphatic carbocycles. The molecule has 0 spiro atoms. The Morgan fingerprint density at radius 2 is 1.96 bits per heavy atom. The Balaban J connectivity index is 0.00000312. The topological polar surface area (TPSA) is 58.5 Å². The van der Waals surface area contributed by atoms with Crippen LogP contribution in [-0.4, -0.2) is 31.1 Å². The highest BCUT2D eigenvalue weighted by Crippen LogP contribution is 2.13. The van der Waals surface area contributed by atoms with Gasteiger partial charge in [0.2, 0.25) is 5.88 Å². The van der Waals surface area contributed by atoms with E-state index in [9.17, 15) is 4.39 Å². The van der Waals surface area contributed by atoms with E-state index in [4.69, 9.17) is 4.74 Å². The van der Waals surface area contributed by atoms with Crippen LogP contribution in [-0.2, 0) is 13.0 Å². The molecule has 0 unspecified atom stereocenters. The first kappa shape index (κ1) is 21.1. The van der Waals surface area contributed by atoms with E-state index in [1.807, 2.05) is 19.1 Å². The van der Waals surface area contributed by atoms with Crippen LogP contribution < -0.4 is 15.4 Å². The molecular formula is C18H24FIN4O. The lowest BCUT2D eigenvalue weighted by Crippen LogP contribution is -2.38. The van der Waals surface area contributed by atoms with E-state index in [1.54, 1.807) is 25.4 Å². The van der Waals surface area contributed by atoms with E-state index < -0.39 is 0 Å². The minimum atomic E-state index is -0.217. The van der Waals surface area contributed by atoms with Gasteiger partial charge in [-0.15, -0.1) is 24.0 Å². The average Bonchev–Trinajstić information content (AvgIpc) is 2.61. The number of halogens is 2. The Bertz CT molecular complexity index is 664. The van der Waals surface area contributed by atoms with Crippen molar-refractivity contribution < 1.29 is 9.13 Å². The molecule has 136 valence electrons. The third kappa shape index (κ3) is 7.25. The van der Waals surface area contributed by atoms with Gasteiger partial charge in [-0.2, -0.15) is 0 Å². The maximum Gasteiger partial charge on any atom is 0.218 e. The number of nitrogens with one attached hydrogen (secondary N) is 2. The number of hydrogen-bond donors (Lipinski definition) is 2. The Morgan fingerprint density at radius 3 is 2.64 bits per heavy atom. The molecule has 0 aliphatic rings. The van der Waals surface area contributed by atoms with Crippen molar-refractivity contribution in [1.82, 2.24) is 15.6 Å². The minimum Gasteiger partial charge on any atom is -0.478 e. The summed E-state index contributed by atoms with van der Waals surface area (Å²) < 4.78 is 18.4. The van der Waals surface area contributed by atoms with Gasteiger partial charge in [0.15, 0.2) is 5.96 Å². The predicted molar refractivity (Wildman–Crippen MR) is 109 cm³/mol. The molecule has 5 nitrogen and oxygen atoms in total. The second-order valence-corrected chi connectivity index (χ2v) is 5.13. The molecule has 7 heteroatoms. The van der Waals surface area contributed by atoms with Crippen LogP contribution in [0.25, 0.3) is 0 Å². The Labute approximate surface area is 165 Å². The summed E-state index contributed by atoms with van der Waals surface area (Å²) in [5, 5.41) is 6.48. The van der Waals surface area contributed by atoms with Gasteiger partial charge in [0.1, 0.15) is 5.82 Å². The van der Waals surface area contributed by atoms with Crippen LogP contribution in [0.3, 0.4) is 0 Å². The van der Waals surface area contributed by atoms with Gasteiger partial charge in [0, 0.05) is 31.9 Å². The van der Waals surface area contributed by atoms with Crippen molar-refractivity contribution in [2.45, 2.75) is 19.9 Å². The lowest BCUT2D eigenvalue weighted by atomic mass is 10.1. The molecule has 0 fully saturated rings. The summed E-state index contributed by atoms with van der Waals surface area (Å²) in [5.74, 6) is 1.11. The number of aliphatic imine (C=N–C) groups is 1. The number of ether oxygens (including phenoxy) is 1. The van der Waals surface area contributed by atoms with E-state index in [2.05, 4.69) is 20.6 Å². The van der Waals surface area contributed by atoms with E-state index in [0.717, 1.165) is 17.5 Å². The van der Waals surface area contributed by atoms with Crippen molar-refractivity contribution in [2.24, 2.45) is 4.99 Å². The third-order valence-electron chi connectivity index (χ3n) is 3.42. The number of aromatic nitrogens is 1. The Hall–Kier alpha value is -1.90. The fraction of sp³-hybridized carbons (Fsp3) is 0.333. The van der Waals surface area contributed by atoms with Crippen LogP contribution in [0.4, 0.5) is 4.39 Å². The lowest BCUT2D eigenvalue weighted by molar-refractivity contribution is 0.322. The SMILES string of the molecule is CCOc1ncccc1CNC(=NC)NCCc1ccc(F)cc1.I. The van der Waals surface area contributed by atoms with Crippen molar-refractivity contribution >= 4 is 29.9 Å². The van der Waals surface area contributed by atoms with E-state index in [0.29, 0.717) is 31.5 Å². The van der Waals surface area contributed by atoms with Gasteiger partial charge in [0.25, 0.3) is 0 Å². The molecule has 25 heavy (non-hydrogen) atoms. The predicted octanol–water partition coefficient (Wildman–Crippen LogP) is 3.15. The first-order chi connectivity index (χ1) is 11.7. The van der Waals surface area contributed by atoms with Crippen LogP contribution in [0.2, 0.25) is 0 Å². The first-order valence-corrected chi connectivity index (χ1v) is 7.98. The maximum absolute atomic E-state index is 12.9. The number of hydrogen-bond acceptors (Lipinski definition) is 3. The number of benzene rings is 1. The Kier molecular flexibility index (Phi) is 9.83. The number of guanidine groups is 1. The van der Waals surface area contributed by atoms with Gasteiger partial charge >= 0.3 is 0 Å². The molecular weight excluding hydrogens is 434 g/mol. The van der Waals surface area contributed by atoms with E-state index in [-0.39, 0.29) is 29.8 Å². The number of rotatable bonds is 7. The van der Waals surface area contributed by atoms with Gasteiger partial charge < -0.3 is 15.4 Å². The minimum absolute atomic E-state index is 0. The third-order valence-corrected chi connectivity index (χ3v) is 3.42. The summed E-state index contributed by atoms with van der Waals surface area (Å²) in [4.78, 5) is 8.43. The van der Waals surface area contributed by atoms with Gasteiger partial charge in [0.05, 0.1) is 6.61 Å². The summed E-state index contributed by atoms with van der Waals surface area (Å²) in [6.07, 6.45) is 2.50. The van der Waals surface area contributed by atoms with Crippen LogP contribution >= 0.6 is 24.0 Å². The molecule has 0 aliphatic heterocycles. The van der Waals surface area contributed by atoms with Crippen LogP contribution in [0.5, 0.6) is 5.88 Å². The quantitative estimate of drug-likeness (QED) is 0.381. The standard InChI is InChI=1S/C18H23FN4O.HI/c1-3-24-17-15(5-4-11-21-17)13-23-18(20-2)22-12-10-14-6-8-16(19)9-7-14;/h4-9,11H,3,10,12-13H2,1-2H3,(H2,20,22,23);1H. The zero-order valence-corrected chi connectivity index (χ0v) is 16.8. The molecule has 1 heterocycles. The van der Waals surface area contributed by atoms with Crippen molar-refractivity contribution in [2.75, 3.05) is 20.2 Å². The zero-order chi connectivity index (χ0) is 17.2. The van der Waals surface area contributed by atoms with Gasteiger partial charge in [-0.3, -0.25) is 4.99 Å². The number of pyridine rings is 1. The highest BCUT2D eigenvalue weighted by Gasteiger charge is 2.05. The van der Waals surface area contributed by atoms with Gasteiger partial charge in [-0.1, -0.05) is 18.2 Å². The van der Waals surface area contributed by atoms with E-state index >= 15 is 0 Å². The smallest absolute Gasteiger partial charge is 0.218 e. The summed E-state index contributed by atoms with van der Waals surface area (Å²) in [6, 6.07) is 10.4. The van der Waals surface area contributed by atoms with Gasteiger partial charge in [-0.05, 0) is 37.1 Å². The molecule has 0 radical (unpaired) electrons. The summed E-state index contributed by atoms with van der Waals surface area (Å²) in [6.45, 7) is 3.78. The van der Waals surface area contributed by atoms with Crippen molar-refractivity contribution in [3.05, 3.63) is 59.5 Å². The summed E-state index contributed by atoms with van der Waals surface area (Å²) >= 11 is 0. The monoisotopic (exact) mass is 458 g/mol. The molecule has 1 aromatic carbocycles. The second-order valence-electron chi connectivity index (χ2n) is 5.13. The fourth-order valence-corrected chi connectivity index (χ4v) is 2.20. The van der Waals surface area contributed by atoms with Crippen LogP contribution in [0.15, 0.2) is 47.6 Å². The van der Waals surface area contributed by atoms with E-state index in [1.165, 1.54) is 12.1 Å². The second kappa shape index (κ2) is 11.6. The lowest BCUT2D eigenvalue weighted by Gasteiger charge is -2.13. The fourth-order valence-electron chi connectivity index (χ4n) is 2.20. The maximum atomic E-state index is 12.9. The molecule has 0 atom stereocenters. The highest BCUT2D eigenvalue weighted by molar-refractivity contribution is 14.0. The van der Waals surface area contributed by atoms with Gasteiger partial charge in [-0.25, -0.2) is 9.37 Å². The summed E-state index contributed by atoms with van der Waals surface area (Å²) in [7, 11) is 1.72. The average molecular weight is 458 g/mol. The molecule has 2 rings (SSSR count). The number of nitrogens with zero attached hydrogens (tertiary/aromatic N) is 2. The molecule has 0 amide bonds. The first-order valence-electron chi connectivity index (χ1n) is 7.98. The highest BCUT2D eigenvalue weighted by atomic mass is 127. The molecule has 0 saturated heterocycles. The molecule has 1 aromatic heterocycles. The molecule has 2 aromatic rings. The molecule has 0 saturated carbocycles. The Morgan fingerprint density at radius 1 is 1.20 bits per heavy atom. The van der Waals surface area contributed by atoms with Crippen molar-refractivity contribution in [1.29, 1.82) is 0 Å². The van der Waals surface area contributed by atoms with Crippen molar-refractivity contribution in [3.8, 4) is 5.88 Å². The largest absolute Gasteiger partial charge is 0.478 e.